The fourth-order valence-corrected chi connectivity index (χ4v) is 5.74. The molecule has 0 fully saturated rings. The first kappa shape index (κ1) is 24.3. The molecule has 1 unspecified atom stereocenters. The second-order valence-corrected chi connectivity index (χ2v) is 10.7. The van der Waals surface area contributed by atoms with Gasteiger partial charge in [-0.2, -0.15) is 10.2 Å². The van der Waals surface area contributed by atoms with E-state index in [1.807, 2.05) is 48.7 Å². The quantitative estimate of drug-likeness (QED) is 0.237. The van der Waals surface area contributed by atoms with Crippen LogP contribution in [-0.2, 0) is 4.79 Å². The second-order valence-electron chi connectivity index (χ2n) is 8.82. The lowest BCUT2D eigenvalue weighted by Gasteiger charge is -2.22. The summed E-state index contributed by atoms with van der Waals surface area (Å²) in [6, 6.07) is 17.6. The van der Waals surface area contributed by atoms with Gasteiger partial charge in [0.05, 0.1) is 34.3 Å². The van der Waals surface area contributed by atoms with E-state index in [1.54, 1.807) is 28.5 Å². The molecule has 0 radical (unpaired) electrons. The zero-order valence-electron chi connectivity index (χ0n) is 20.2. The van der Waals surface area contributed by atoms with E-state index in [-0.39, 0.29) is 34.2 Å². The van der Waals surface area contributed by atoms with Crippen molar-refractivity contribution in [1.82, 2.24) is 24.8 Å². The monoisotopic (exact) mass is 544 g/mol. The number of thioether (sulfide) groups is 1. The Morgan fingerprint density at radius 2 is 1.95 bits per heavy atom. The molecule has 0 aliphatic carbocycles. The summed E-state index contributed by atoms with van der Waals surface area (Å²) >= 11 is 2.72. The van der Waals surface area contributed by atoms with Crippen molar-refractivity contribution in [3.63, 3.8) is 0 Å². The van der Waals surface area contributed by atoms with Crippen LogP contribution in [0.25, 0.3) is 16.7 Å². The molecule has 4 heterocycles. The number of carbonyl (C=O) groups excluding carboxylic acids is 1. The second kappa shape index (κ2) is 9.99. The summed E-state index contributed by atoms with van der Waals surface area (Å²) in [5, 5.41) is 13.1. The van der Waals surface area contributed by atoms with E-state index in [2.05, 4.69) is 15.1 Å². The van der Waals surface area contributed by atoms with Crippen LogP contribution < -0.4 is 5.56 Å². The zero-order chi connectivity index (χ0) is 26.2. The molecule has 6 rings (SSSR count). The van der Waals surface area contributed by atoms with Crippen molar-refractivity contribution in [3.8, 4) is 5.69 Å². The van der Waals surface area contributed by atoms with Crippen LogP contribution in [-0.4, -0.2) is 42.1 Å². The fraction of sp³-hybridized carbons (Fsp3) is 0.148. The lowest BCUT2D eigenvalue weighted by Crippen LogP contribution is -2.28. The summed E-state index contributed by atoms with van der Waals surface area (Å²) in [5.41, 5.74) is 3.56. The van der Waals surface area contributed by atoms with Crippen LogP contribution in [0.5, 0.6) is 0 Å². The molecule has 1 amide bonds. The summed E-state index contributed by atoms with van der Waals surface area (Å²) in [5.74, 6) is -0.536. The van der Waals surface area contributed by atoms with Gasteiger partial charge in [0.25, 0.3) is 11.5 Å². The number of hydrogen-bond donors (Lipinski definition) is 1. The van der Waals surface area contributed by atoms with Gasteiger partial charge >= 0.3 is 0 Å². The zero-order valence-corrected chi connectivity index (χ0v) is 21.8. The molecule has 5 aromatic rings. The molecule has 1 atom stereocenters. The molecule has 3 aromatic heterocycles. The van der Waals surface area contributed by atoms with Crippen LogP contribution in [0.2, 0.25) is 0 Å². The topological polar surface area (TPSA) is 96.2 Å². The molecule has 38 heavy (non-hydrogen) atoms. The van der Waals surface area contributed by atoms with Crippen molar-refractivity contribution in [2.45, 2.75) is 24.5 Å². The largest absolute Gasteiger partial charge is 0.301 e. The summed E-state index contributed by atoms with van der Waals surface area (Å²) in [6.07, 6.45) is 2.04. The number of rotatable bonds is 6. The van der Waals surface area contributed by atoms with Crippen molar-refractivity contribution in [3.05, 3.63) is 104 Å². The number of H-pyrrole nitrogens is 1. The van der Waals surface area contributed by atoms with E-state index < -0.39 is 0 Å². The number of aromatic nitrogens is 4. The number of hydrazone groups is 1. The van der Waals surface area contributed by atoms with Gasteiger partial charge in [0.1, 0.15) is 11.2 Å². The lowest BCUT2D eigenvalue weighted by atomic mass is 10.00. The van der Waals surface area contributed by atoms with E-state index in [1.165, 1.54) is 23.0 Å². The molecule has 2 aromatic carbocycles. The summed E-state index contributed by atoms with van der Waals surface area (Å²) in [4.78, 5) is 34.4. The number of amides is 1. The van der Waals surface area contributed by atoms with Crippen LogP contribution >= 0.6 is 23.1 Å². The molecule has 0 bridgehead atoms. The third kappa shape index (κ3) is 4.66. The highest BCUT2D eigenvalue weighted by Crippen LogP contribution is 2.34. The summed E-state index contributed by atoms with van der Waals surface area (Å²) < 4.78 is 14.9. The minimum Gasteiger partial charge on any atom is -0.301 e. The van der Waals surface area contributed by atoms with Gasteiger partial charge in [0, 0.05) is 6.42 Å². The third-order valence-corrected chi connectivity index (χ3v) is 8.03. The van der Waals surface area contributed by atoms with E-state index in [0.29, 0.717) is 23.1 Å². The average molecular weight is 545 g/mol. The minimum atomic E-state index is -0.374. The number of halogens is 1. The number of thiophene rings is 1. The average Bonchev–Trinajstić information content (AvgIpc) is 3.68. The first-order chi connectivity index (χ1) is 18.5. The smallest absolute Gasteiger partial charge is 0.262 e. The van der Waals surface area contributed by atoms with Gasteiger partial charge in [-0.25, -0.2) is 19.1 Å². The Kier molecular flexibility index (Phi) is 6.38. The number of benzene rings is 2. The molecule has 1 N–H and O–H groups in total. The molecular formula is C27H21FN6O2S2. The van der Waals surface area contributed by atoms with Crippen molar-refractivity contribution in [2.24, 2.45) is 5.10 Å². The Hall–Kier alpha value is -4.09. The van der Waals surface area contributed by atoms with Crippen LogP contribution in [0, 0.1) is 12.7 Å². The van der Waals surface area contributed by atoms with Gasteiger partial charge in [0.15, 0.2) is 10.8 Å². The molecule has 1 aliphatic heterocycles. The van der Waals surface area contributed by atoms with Crippen LogP contribution in [0.4, 0.5) is 4.39 Å². The highest BCUT2D eigenvalue weighted by molar-refractivity contribution is 7.99. The van der Waals surface area contributed by atoms with Crippen LogP contribution in [0.3, 0.4) is 0 Å². The molecule has 190 valence electrons. The normalized spacial score (nSPS) is 15.3. The van der Waals surface area contributed by atoms with Crippen molar-refractivity contribution in [2.75, 3.05) is 5.75 Å². The number of fused-ring (bicyclic) bond motifs is 1. The predicted molar refractivity (Wildman–Crippen MR) is 146 cm³/mol. The van der Waals surface area contributed by atoms with Gasteiger partial charge in [-0.05, 0) is 48.2 Å². The SMILES string of the molecule is Cc1ccc(C2CC(c3cccs3)=NN2C(=O)CSc2nc3c(cnn3-c3ccc(F)cc3)c(=O)[nH]2)cc1. The molecule has 0 saturated carbocycles. The molecule has 0 saturated heterocycles. The molecular weight excluding hydrogens is 523 g/mol. The van der Waals surface area contributed by atoms with E-state index in [9.17, 15) is 14.0 Å². The molecule has 1 aliphatic rings. The Morgan fingerprint density at radius 1 is 1.16 bits per heavy atom. The van der Waals surface area contributed by atoms with E-state index in [0.717, 1.165) is 33.5 Å². The van der Waals surface area contributed by atoms with E-state index >= 15 is 0 Å². The molecule has 11 heteroatoms. The molecule has 8 nitrogen and oxygen atoms in total. The highest BCUT2D eigenvalue weighted by Gasteiger charge is 2.33. The Labute approximate surface area is 224 Å². The fourth-order valence-electron chi connectivity index (χ4n) is 4.31. The Bertz CT molecular complexity index is 1710. The maximum absolute atomic E-state index is 13.4. The first-order valence-corrected chi connectivity index (χ1v) is 13.7. The lowest BCUT2D eigenvalue weighted by molar-refractivity contribution is -0.130. The maximum Gasteiger partial charge on any atom is 0.262 e. The third-order valence-electron chi connectivity index (χ3n) is 6.25. The summed E-state index contributed by atoms with van der Waals surface area (Å²) in [7, 11) is 0. The number of aromatic amines is 1. The predicted octanol–water partition coefficient (Wildman–Crippen LogP) is 5.09. The number of nitrogens with one attached hydrogen (secondary N) is 1. The number of hydrogen-bond acceptors (Lipinski definition) is 7. The van der Waals surface area contributed by atoms with Crippen LogP contribution in [0.1, 0.15) is 28.5 Å². The minimum absolute atomic E-state index is 0.0305. The van der Waals surface area contributed by atoms with Crippen LogP contribution in [0.15, 0.2) is 87.3 Å². The maximum atomic E-state index is 13.4. The highest BCUT2D eigenvalue weighted by atomic mass is 32.2. The molecule has 0 spiro atoms. The number of nitrogens with zero attached hydrogens (tertiary/aromatic N) is 5. The van der Waals surface area contributed by atoms with Gasteiger partial charge in [0.2, 0.25) is 0 Å². The van der Waals surface area contributed by atoms with Gasteiger partial charge in [-0.3, -0.25) is 9.59 Å². The van der Waals surface area contributed by atoms with Crippen molar-refractivity contribution < 1.29 is 9.18 Å². The standard InChI is InChI=1S/C27H21FN6O2S2/c1-16-4-6-17(7-5-16)22-13-21(23-3-2-12-37-23)32-34(22)24(35)15-38-27-30-25-20(26(36)31-27)14-29-33(25)19-10-8-18(28)9-11-19/h2-12,14,22H,13,15H2,1H3,(H,30,31,36). The van der Waals surface area contributed by atoms with E-state index in [4.69, 9.17) is 5.10 Å². The number of carbonyl (C=O) groups is 1. The summed E-state index contributed by atoms with van der Waals surface area (Å²) in [6.45, 7) is 2.03. The van der Waals surface area contributed by atoms with Gasteiger partial charge in [-0.1, -0.05) is 47.7 Å². The Balaban J connectivity index is 1.26. The van der Waals surface area contributed by atoms with Gasteiger partial charge in [-0.15, -0.1) is 11.3 Å². The van der Waals surface area contributed by atoms with Crippen molar-refractivity contribution in [1.29, 1.82) is 0 Å². The van der Waals surface area contributed by atoms with Gasteiger partial charge < -0.3 is 4.98 Å². The first-order valence-electron chi connectivity index (χ1n) is 11.8. The Morgan fingerprint density at radius 3 is 2.68 bits per heavy atom. The van der Waals surface area contributed by atoms with Crippen molar-refractivity contribution >= 4 is 45.8 Å². The number of aryl methyl sites for hydroxylation is 1.